The fourth-order valence-corrected chi connectivity index (χ4v) is 4.85. The molecule has 6 heteroatoms. The van der Waals surface area contributed by atoms with Gasteiger partial charge in [-0.1, -0.05) is 112 Å². The number of esters is 1. The van der Waals surface area contributed by atoms with Crippen LogP contribution in [-0.4, -0.2) is 19.7 Å². The topological polar surface area (TPSA) is 44.8 Å². The smallest absolute Gasteiger partial charge is 0.337 e. The number of halogens is 2. The van der Waals surface area contributed by atoms with E-state index in [0.29, 0.717) is 40.3 Å². The fourth-order valence-electron chi connectivity index (χ4n) is 4.38. The van der Waals surface area contributed by atoms with Crippen molar-refractivity contribution in [2.45, 2.75) is 77.7 Å². The minimum atomic E-state index is -0.366. The molecule has 0 aliphatic heterocycles. The van der Waals surface area contributed by atoms with Gasteiger partial charge in [-0.05, 0) is 59.5 Å². The minimum absolute atomic E-state index is 0.331. The van der Waals surface area contributed by atoms with Gasteiger partial charge in [0, 0.05) is 0 Å². The van der Waals surface area contributed by atoms with Crippen LogP contribution in [0, 0.1) is 0 Å². The summed E-state index contributed by atoms with van der Waals surface area (Å²) in [6, 6.07) is 18.6. The number of unbranched alkanes of at least 4 members (excludes halogenated alkanes) is 9. The summed E-state index contributed by atoms with van der Waals surface area (Å²) >= 11 is 13.0. The number of carbonyl (C=O) groups is 1. The van der Waals surface area contributed by atoms with Crippen LogP contribution >= 0.6 is 23.2 Å². The number of hydrogen-bond donors (Lipinski definition) is 0. The summed E-state index contributed by atoms with van der Waals surface area (Å²) in [6.07, 6.45) is 13.0. The summed E-state index contributed by atoms with van der Waals surface area (Å²) < 4.78 is 16.6. The van der Waals surface area contributed by atoms with E-state index >= 15 is 0 Å². The number of ether oxygens (including phenoxy) is 3. The Morgan fingerprint density at radius 1 is 0.667 bits per heavy atom. The third-order valence-electron chi connectivity index (χ3n) is 6.72. The van der Waals surface area contributed by atoms with E-state index in [4.69, 9.17) is 37.4 Å². The Balaban J connectivity index is 1.42. The van der Waals surface area contributed by atoms with E-state index in [1.807, 2.05) is 48.5 Å². The zero-order valence-electron chi connectivity index (χ0n) is 23.1. The third-order valence-corrected chi connectivity index (χ3v) is 7.31. The molecule has 0 heterocycles. The Hall–Kier alpha value is -2.69. The van der Waals surface area contributed by atoms with Crippen molar-refractivity contribution in [2.24, 2.45) is 0 Å². The van der Waals surface area contributed by atoms with Gasteiger partial charge in [-0.25, -0.2) is 4.79 Å². The van der Waals surface area contributed by atoms with Crippen molar-refractivity contribution in [1.82, 2.24) is 0 Å². The quantitative estimate of drug-likeness (QED) is 0.119. The fraction of sp³-hybridized carbons (Fsp3) is 0.424. The maximum absolute atomic E-state index is 11.6. The Labute approximate surface area is 243 Å². The van der Waals surface area contributed by atoms with E-state index in [-0.39, 0.29) is 5.97 Å². The van der Waals surface area contributed by atoms with Crippen LogP contribution in [-0.2, 0) is 11.3 Å². The number of hydrogen-bond acceptors (Lipinski definition) is 4. The molecule has 3 aromatic carbocycles. The van der Waals surface area contributed by atoms with Gasteiger partial charge in [0.1, 0.15) is 18.1 Å². The van der Waals surface area contributed by atoms with E-state index in [9.17, 15) is 4.79 Å². The molecule has 0 bridgehead atoms. The molecule has 0 aliphatic carbocycles. The van der Waals surface area contributed by atoms with E-state index < -0.39 is 0 Å². The van der Waals surface area contributed by atoms with Gasteiger partial charge in [0.2, 0.25) is 0 Å². The molecule has 0 aromatic heterocycles. The SMILES string of the molecule is CCCCCCCCCCCCOc1ccc(-c2ccc(OCc3ccc(C(=O)OC)cc3)c(Cl)c2)cc1Cl. The van der Waals surface area contributed by atoms with Crippen molar-refractivity contribution in [3.05, 3.63) is 81.8 Å². The summed E-state index contributed by atoms with van der Waals surface area (Å²) in [7, 11) is 1.36. The Morgan fingerprint density at radius 3 is 1.69 bits per heavy atom. The van der Waals surface area contributed by atoms with Gasteiger partial charge in [0.15, 0.2) is 0 Å². The highest BCUT2D eigenvalue weighted by molar-refractivity contribution is 6.33. The van der Waals surface area contributed by atoms with E-state index in [0.717, 1.165) is 23.1 Å². The molecule has 0 saturated carbocycles. The second kappa shape index (κ2) is 17.1. The van der Waals surface area contributed by atoms with Gasteiger partial charge >= 0.3 is 5.97 Å². The molecular formula is C33H40Cl2O4. The predicted molar refractivity (Wildman–Crippen MR) is 161 cm³/mol. The summed E-state index contributed by atoms with van der Waals surface area (Å²) in [5.41, 5.74) is 3.32. The van der Waals surface area contributed by atoms with Gasteiger partial charge in [-0.2, -0.15) is 0 Å². The highest BCUT2D eigenvalue weighted by Crippen LogP contribution is 2.34. The van der Waals surface area contributed by atoms with Crippen LogP contribution in [0.1, 0.15) is 87.1 Å². The minimum Gasteiger partial charge on any atom is -0.492 e. The van der Waals surface area contributed by atoms with Gasteiger partial charge < -0.3 is 14.2 Å². The molecule has 0 spiro atoms. The molecule has 0 amide bonds. The lowest BCUT2D eigenvalue weighted by atomic mass is 10.1. The summed E-state index contributed by atoms with van der Waals surface area (Å²) in [5.74, 6) is 0.926. The van der Waals surface area contributed by atoms with Gasteiger partial charge in [0.25, 0.3) is 0 Å². The number of benzene rings is 3. The van der Waals surface area contributed by atoms with Crippen molar-refractivity contribution in [2.75, 3.05) is 13.7 Å². The van der Waals surface area contributed by atoms with Crippen LogP contribution in [0.4, 0.5) is 0 Å². The number of methoxy groups -OCH3 is 1. The lowest BCUT2D eigenvalue weighted by Crippen LogP contribution is -2.02. The van der Waals surface area contributed by atoms with Crippen LogP contribution in [0.2, 0.25) is 10.0 Å². The van der Waals surface area contributed by atoms with Crippen LogP contribution in [0.3, 0.4) is 0 Å². The van der Waals surface area contributed by atoms with Crippen molar-refractivity contribution < 1.29 is 19.0 Å². The van der Waals surface area contributed by atoms with Crippen molar-refractivity contribution in [3.8, 4) is 22.6 Å². The highest BCUT2D eigenvalue weighted by atomic mass is 35.5. The standard InChI is InChI=1S/C33H40Cl2O4/c1-3-4-5-6-7-8-9-10-11-12-21-38-31-19-17-27(22-29(31)34)28-18-20-32(30(35)23-28)39-24-25-13-15-26(16-14-25)33(36)37-2/h13-20,22-23H,3-12,21,24H2,1-2H3. The summed E-state index contributed by atoms with van der Waals surface area (Å²) in [4.78, 5) is 11.6. The third kappa shape index (κ3) is 10.4. The zero-order chi connectivity index (χ0) is 27.9. The second-order valence-electron chi connectivity index (χ2n) is 9.80. The Kier molecular flexibility index (Phi) is 13.5. The van der Waals surface area contributed by atoms with Crippen molar-refractivity contribution in [3.63, 3.8) is 0 Å². The normalized spacial score (nSPS) is 10.9. The molecule has 0 N–H and O–H groups in total. The molecule has 39 heavy (non-hydrogen) atoms. The molecule has 0 aliphatic rings. The van der Waals surface area contributed by atoms with Gasteiger partial charge in [0.05, 0.1) is 29.3 Å². The van der Waals surface area contributed by atoms with Crippen molar-refractivity contribution in [1.29, 1.82) is 0 Å². The van der Waals surface area contributed by atoms with E-state index in [2.05, 4.69) is 6.92 Å². The molecule has 210 valence electrons. The number of carbonyl (C=O) groups excluding carboxylic acids is 1. The molecule has 0 unspecified atom stereocenters. The molecular weight excluding hydrogens is 531 g/mol. The van der Waals surface area contributed by atoms with Crippen LogP contribution in [0.5, 0.6) is 11.5 Å². The molecule has 3 aromatic rings. The van der Waals surface area contributed by atoms with Gasteiger partial charge in [-0.3, -0.25) is 0 Å². The average Bonchev–Trinajstić information content (AvgIpc) is 2.95. The first kappa shape index (κ1) is 30.8. The summed E-state index contributed by atoms with van der Waals surface area (Å²) in [5, 5.41) is 1.10. The second-order valence-corrected chi connectivity index (χ2v) is 10.6. The first-order valence-corrected chi connectivity index (χ1v) is 14.8. The van der Waals surface area contributed by atoms with Gasteiger partial charge in [-0.15, -0.1) is 0 Å². The first-order valence-electron chi connectivity index (χ1n) is 14.0. The Morgan fingerprint density at radius 2 is 1.18 bits per heavy atom. The lowest BCUT2D eigenvalue weighted by Gasteiger charge is -2.12. The largest absolute Gasteiger partial charge is 0.492 e. The Bertz CT molecular complexity index is 1160. The van der Waals surface area contributed by atoms with Crippen LogP contribution in [0.25, 0.3) is 11.1 Å². The zero-order valence-corrected chi connectivity index (χ0v) is 24.7. The molecule has 0 fully saturated rings. The van der Waals surface area contributed by atoms with Crippen molar-refractivity contribution >= 4 is 29.2 Å². The predicted octanol–water partition coefficient (Wildman–Crippen LogP) is 10.3. The highest BCUT2D eigenvalue weighted by Gasteiger charge is 2.10. The first-order chi connectivity index (χ1) is 19.0. The maximum atomic E-state index is 11.6. The summed E-state index contributed by atoms with van der Waals surface area (Å²) in [6.45, 7) is 3.27. The molecule has 0 saturated heterocycles. The molecule has 0 atom stereocenters. The molecule has 0 radical (unpaired) electrons. The van der Waals surface area contributed by atoms with Crippen LogP contribution < -0.4 is 9.47 Å². The monoisotopic (exact) mass is 570 g/mol. The lowest BCUT2D eigenvalue weighted by molar-refractivity contribution is 0.0600. The number of rotatable bonds is 17. The molecule has 3 rings (SSSR count). The van der Waals surface area contributed by atoms with E-state index in [1.54, 1.807) is 12.1 Å². The van der Waals surface area contributed by atoms with Crippen LogP contribution in [0.15, 0.2) is 60.7 Å². The molecule has 4 nitrogen and oxygen atoms in total. The van der Waals surface area contributed by atoms with E-state index in [1.165, 1.54) is 64.9 Å². The average molecular weight is 572 g/mol. The maximum Gasteiger partial charge on any atom is 0.337 e.